The number of carboxylic acids is 1. The predicted molar refractivity (Wildman–Crippen MR) is 64.2 cm³/mol. The van der Waals surface area contributed by atoms with Crippen molar-refractivity contribution in [3.63, 3.8) is 0 Å². The number of alkyl halides is 3. The zero-order valence-corrected chi connectivity index (χ0v) is 11.3. The van der Waals surface area contributed by atoms with Gasteiger partial charge in [-0.2, -0.15) is 13.2 Å². The van der Waals surface area contributed by atoms with E-state index in [0.29, 0.717) is 33.1 Å². The highest BCUT2D eigenvalue weighted by Gasteiger charge is 2.57. The number of carbonyl (C=O) groups is 2. The fourth-order valence-electron chi connectivity index (χ4n) is 1.72. The van der Waals surface area contributed by atoms with Gasteiger partial charge in [0.15, 0.2) is 0 Å². The fourth-order valence-corrected chi connectivity index (χ4v) is 1.72. The number of piperazine rings is 1. The monoisotopic (exact) mass is 297 g/mol. The molecule has 0 spiro atoms. The molecule has 1 aliphatic rings. The van der Waals surface area contributed by atoms with Crippen molar-refractivity contribution in [3.8, 4) is 0 Å². The first kappa shape index (κ1) is 16.7. The van der Waals surface area contributed by atoms with E-state index in [0.717, 1.165) is 0 Å². The van der Waals surface area contributed by atoms with Crippen LogP contribution in [0.4, 0.5) is 13.2 Å². The first-order valence-electron chi connectivity index (χ1n) is 6.09. The molecule has 0 aromatic rings. The summed E-state index contributed by atoms with van der Waals surface area (Å²) in [6, 6.07) is 0. The second-order valence-electron chi connectivity index (χ2n) is 4.97. The maximum Gasteiger partial charge on any atom is 0.417 e. The molecule has 20 heavy (non-hydrogen) atoms. The number of nitrogens with one attached hydrogen (secondary N) is 1. The molecule has 1 unspecified atom stereocenters. The second-order valence-corrected chi connectivity index (χ2v) is 4.97. The first-order valence-corrected chi connectivity index (χ1v) is 6.09. The van der Waals surface area contributed by atoms with Crippen molar-refractivity contribution >= 4 is 11.9 Å². The van der Waals surface area contributed by atoms with Crippen LogP contribution in [0.25, 0.3) is 0 Å². The maximum absolute atomic E-state index is 12.7. The van der Waals surface area contributed by atoms with Crippen molar-refractivity contribution < 1.29 is 27.9 Å². The average Bonchev–Trinajstić information content (AvgIpc) is 2.34. The molecule has 0 bridgehead atoms. The van der Waals surface area contributed by atoms with Gasteiger partial charge in [0.2, 0.25) is 11.4 Å². The van der Waals surface area contributed by atoms with E-state index in [1.165, 1.54) is 4.90 Å². The van der Waals surface area contributed by atoms with Crippen molar-refractivity contribution in [2.75, 3.05) is 39.8 Å². The van der Waals surface area contributed by atoms with Crippen LogP contribution >= 0.6 is 0 Å². The Morgan fingerprint density at radius 3 is 2.10 bits per heavy atom. The van der Waals surface area contributed by atoms with Crippen LogP contribution in [0.5, 0.6) is 0 Å². The first-order chi connectivity index (χ1) is 9.08. The van der Waals surface area contributed by atoms with E-state index in [1.807, 2.05) is 17.3 Å². The number of hydrogen-bond acceptors (Lipinski definition) is 4. The van der Waals surface area contributed by atoms with E-state index >= 15 is 0 Å². The van der Waals surface area contributed by atoms with E-state index in [9.17, 15) is 22.8 Å². The molecule has 9 heteroatoms. The molecule has 1 rings (SSSR count). The van der Waals surface area contributed by atoms with Gasteiger partial charge in [-0.15, -0.1) is 0 Å². The third-order valence-electron chi connectivity index (χ3n) is 3.44. The van der Waals surface area contributed by atoms with Gasteiger partial charge in [0, 0.05) is 26.2 Å². The molecule has 0 aliphatic carbocycles. The Morgan fingerprint density at radius 1 is 1.20 bits per heavy atom. The van der Waals surface area contributed by atoms with E-state index in [1.54, 1.807) is 0 Å². The number of likely N-dealkylation sites (N-methyl/N-ethyl adjacent to an activating group) is 1. The number of hydrogen-bond donors (Lipinski definition) is 2. The zero-order valence-electron chi connectivity index (χ0n) is 11.3. The molecule has 1 heterocycles. The summed E-state index contributed by atoms with van der Waals surface area (Å²) in [5.74, 6) is -2.59. The number of amides is 1. The third kappa shape index (κ3) is 3.60. The van der Waals surface area contributed by atoms with Crippen LogP contribution < -0.4 is 5.32 Å². The molecule has 1 fully saturated rings. The number of carbonyl (C=O) groups excluding carboxylic acids is 1. The summed E-state index contributed by atoms with van der Waals surface area (Å²) in [6.45, 7) is 1.97. The molecule has 0 saturated carbocycles. The van der Waals surface area contributed by atoms with Crippen LogP contribution in [0.2, 0.25) is 0 Å². The van der Waals surface area contributed by atoms with Gasteiger partial charge in [-0.05, 0) is 14.0 Å². The third-order valence-corrected chi connectivity index (χ3v) is 3.44. The van der Waals surface area contributed by atoms with Gasteiger partial charge in [0.25, 0.3) is 0 Å². The summed E-state index contributed by atoms with van der Waals surface area (Å²) >= 11 is 0. The summed E-state index contributed by atoms with van der Waals surface area (Å²) in [6.07, 6.45) is -4.98. The fraction of sp³-hybridized carbons (Fsp3) is 0.818. The Kier molecular flexibility index (Phi) is 4.98. The van der Waals surface area contributed by atoms with E-state index in [-0.39, 0.29) is 0 Å². The van der Waals surface area contributed by atoms with Gasteiger partial charge in [0.05, 0.1) is 6.54 Å². The molecule has 0 aromatic heterocycles. The standard InChI is InChI=1S/C11H18F3N3O3/c1-10(9(19)20,11(12,13)14)15-7-8(18)17-5-3-16(2)4-6-17/h15H,3-7H2,1-2H3,(H,19,20). The molecule has 1 aliphatic heterocycles. The maximum atomic E-state index is 12.7. The number of carboxylic acid groups (broad SMARTS) is 1. The topological polar surface area (TPSA) is 72.9 Å². The lowest BCUT2D eigenvalue weighted by Gasteiger charge is -2.34. The van der Waals surface area contributed by atoms with Crippen LogP contribution in [0.15, 0.2) is 0 Å². The molecule has 1 saturated heterocycles. The Labute approximate surface area is 114 Å². The number of halogens is 3. The van der Waals surface area contributed by atoms with Crippen LogP contribution in [0, 0.1) is 0 Å². The summed E-state index contributed by atoms with van der Waals surface area (Å²) in [4.78, 5) is 26.0. The van der Waals surface area contributed by atoms with Crippen molar-refractivity contribution in [1.82, 2.24) is 15.1 Å². The van der Waals surface area contributed by atoms with Gasteiger partial charge in [0.1, 0.15) is 0 Å². The lowest BCUT2D eigenvalue weighted by atomic mass is 10.0. The molecule has 1 atom stereocenters. The average molecular weight is 297 g/mol. The molecule has 6 nitrogen and oxygen atoms in total. The van der Waals surface area contributed by atoms with Crippen LogP contribution in [0.1, 0.15) is 6.92 Å². The largest absolute Gasteiger partial charge is 0.480 e. The lowest BCUT2D eigenvalue weighted by Crippen LogP contribution is -2.62. The Bertz CT molecular complexity index is 381. The Hall–Kier alpha value is -1.35. The van der Waals surface area contributed by atoms with Crippen LogP contribution in [-0.2, 0) is 9.59 Å². The molecule has 0 aromatic carbocycles. The molecular formula is C11H18F3N3O3. The Morgan fingerprint density at radius 2 is 1.70 bits per heavy atom. The minimum absolute atomic E-state index is 0.423. The Balaban J connectivity index is 2.60. The van der Waals surface area contributed by atoms with Crippen molar-refractivity contribution in [2.24, 2.45) is 0 Å². The van der Waals surface area contributed by atoms with Gasteiger partial charge in [-0.1, -0.05) is 0 Å². The highest BCUT2D eigenvalue weighted by atomic mass is 19.4. The minimum atomic E-state index is -4.98. The molecule has 1 amide bonds. The van der Waals surface area contributed by atoms with E-state index < -0.39 is 30.1 Å². The highest BCUT2D eigenvalue weighted by Crippen LogP contribution is 2.30. The summed E-state index contributed by atoms with van der Waals surface area (Å²) in [5, 5.41) is 10.5. The summed E-state index contributed by atoms with van der Waals surface area (Å²) in [5.41, 5.74) is -3.13. The lowest BCUT2D eigenvalue weighted by molar-refractivity contribution is -0.205. The van der Waals surface area contributed by atoms with E-state index in [4.69, 9.17) is 5.11 Å². The van der Waals surface area contributed by atoms with Crippen molar-refractivity contribution in [3.05, 3.63) is 0 Å². The SMILES string of the molecule is CN1CCN(C(=O)CNC(C)(C(=O)O)C(F)(F)F)CC1. The van der Waals surface area contributed by atoms with Crippen molar-refractivity contribution in [1.29, 1.82) is 0 Å². The predicted octanol–water partition coefficient (Wildman–Crippen LogP) is -0.244. The van der Waals surface area contributed by atoms with Gasteiger partial charge < -0.3 is 14.9 Å². The normalized spacial score (nSPS) is 20.6. The summed E-state index contributed by atoms with van der Waals surface area (Å²) in [7, 11) is 1.88. The quantitative estimate of drug-likeness (QED) is 0.749. The molecular weight excluding hydrogens is 279 g/mol. The number of nitrogens with zero attached hydrogens (tertiary/aromatic N) is 2. The van der Waals surface area contributed by atoms with Crippen LogP contribution in [0.3, 0.4) is 0 Å². The number of rotatable bonds is 4. The van der Waals surface area contributed by atoms with Crippen LogP contribution in [-0.4, -0.2) is 78.3 Å². The summed E-state index contributed by atoms with van der Waals surface area (Å²) < 4.78 is 38.2. The molecule has 2 N–H and O–H groups in total. The minimum Gasteiger partial charge on any atom is -0.480 e. The van der Waals surface area contributed by atoms with Gasteiger partial charge in [-0.25, -0.2) is 4.79 Å². The zero-order chi connectivity index (χ0) is 15.6. The van der Waals surface area contributed by atoms with Gasteiger partial charge in [-0.3, -0.25) is 10.1 Å². The van der Waals surface area contributed by atoms with Crippen molar-refractivity contribution in [2.45, 2.75) is 18.6 Å². The molecule has 0 radical (unpaired) electrons. The second kappa shape index (κ2) is 5.96. The van der Waals surface area contributed by atoms with E-state index in [2.05, 4.69) is 0 Å². The smallest absolute Gasteiger partial charge is 0.417 e. The molecule has 116 valence electrons. The number of aliphatic carboxylic acids is 1. The van der Waals surface area contributed by atoms with Gasteiger partial charge >= 0.3 is 12.1 Å². The highest BCUT2D eigenvalue weighted by molar-refractivity contribution is 5.82.